The first-order chi connectivity index (χ1) is 11.7. The topological polar surface area (TPSA) is 38.3 Å². The van der Waals surface area contributed by atoms with Crippen molar-refractivity contribution in [1.29, 1.82) is 0 Å². The lowest BCUT2D eigenvalue weighted by molar-refractivity contribution is -0.134. The van der Waals surface area contributed by atoms with Gasteiger partial charge in [-0.05, 0) is 53.7 Å². The Hall–Kier alpha value is -2.39. The normalized spacial score (nSPS) is 16.3. The van der Waals surface area contributed by atoms with E-state index in [4.69, 9.17) is 0 Å². The number of nitrogens with one attached hydrogen (secondary N) is 1. The Balaban J connectivity index is 1.68. The second kappa shape index (κ2) is 7.45. The highest BCUT2D eigenvalue weighted by Gasteiger charge is 2.21. The molecule has 3 rings (SSSR count). The molecule has 0 fully saturated rings. The number of carbonyl (C=O) groups excluding carboxylic acids is 1. The first-order valence-electron chi connectivity index (χ1n) is 8.34. The number of hydrogen-bond acceptors (Lipinski definition) is 3. The molecule has 3 nitrogen and oxygen atoms in total. The minimum atomic E-state index is -0.326. The number of hydrogen-bond donors (Lipinski definition) is 1. The van der Waals surface area contributed by atoms with Crippen molar-refractivity contribution in [2.45, 2.75) is 32.4 Å². The summed E-state index contributed by atoms with van der Waals surface area (Å²) >= 11 is 0. The number of benzene rings is 2. The van der Waals surface area contributed by atoms with Crippen molar-refractivity contribution >= 4 is 12.0 Å². The predicted molar refractivity (Wildman–Crippen MR) is 96.6 cm³/mol. The summed E-state index contributed by atoms with van der Waals surface area (Å²) in [4.78, 5) is 11.2. The van der Waals surface area contributed by atoms with Gasteiger partial charge >= 0.3 is 5.97 Å². The molecule has 1 aliphatic carbocycles. The van der Waals surface area contributed by atoms with Crippen LogP contribution in [0, 0.1) is 6.92 Å². The maximum absolute atomic E-state index is 11.2. The second-order valence-electron chi connectivity index (χ2n) is 6.21. The number of esters is 1. The van der Waals surface area contributed by atoms with Crippen LogP contribution in [0.4, 0.5) is 0 Å². The largest absolute Gasteiger partial charge is 0.466 e. The number of rotatable bonds is 5. The van der Waals surface area contributed by atoms with E-state index in [9.17, 15) is 4.79 Å². The monoisotopic (exact) mass is 321 g/mol. The van der Waals surface area contributed by atoms with Crippen LogP contribution in [-0.2, 0) is 22.5 Å². The minimum Gasteiger partial charge on any atom is -0.466 e. The third kappa shape index (κ3) is 3.74. The van der Waals surface area contributed by atoms with Crippen molar-refractivity contribution in [3.8, 4) is 0 Å². The molecule has 1 atom stereocenters. The molecule has 0 radical (unpaired) electrons. The molecule has 0 aliphatic heterocycles. The maximum atomic E-state index is 11.2. The minimum absolute atomic E-state index is 0.326. The molecule has 0 heterocycles. The first kappa shape index (κ1) is 16.5. The van der Waals surface area contributed by atoms with E-state index < -0.39 is 0 Å². The lowest BCUT2D eigenvalue weighted by atomic mass is 10.0. The van der Waals surface area contributed by atoms with E-state index in [2.05, 4.69) is 59.4 Å². The van der Waals surface area contributed by atoms with Gasteiger partial charge < -0.3 is 10.1 Å². The average molecular weight is 321 g/mol. The molecule has 2 aromatic rings. The highest BCUT2D eigenvalue weighted by atomic mass is 16.5. The predicted octanol–water partition coefficient (Wildman–Crippen LogP) is 3.96. The summed E-state index contributed by atoms with van der Waals surface area (Å²) in [5.41, 5.74) is 6.46. The van der Waals surface area contributed by atoms with Crippen molar-refractivity contribution in [1.82, 2.24) is 5.32 Å². The van der Waals surface area contributed by atoms with Crippen LogP contribution in [0.5, 0.6) is 0 Å². The number of carbonyl (C=O) groups is 1. The molecule has 2 aromatic carbocycles. The Morgan fingerprint density at radius 3 is 2.92 bits per heavy atom. The van der Waals surface area contributed by atoms with Gasteiger partial charge in [0.2, 0.25) is 0 Å². The molecule has 0 amide bonds. The zero-order valence-corrected chi connectivity index (χ0v) is 14.2. The van der Waals surface area contributed by atoms with E-state index in [0.29, 0.717) is 6.04 Å². The zero-order valence-electron chi connectivity index (χ0n) is 14.2. The molecule has 0 saturated carbocycles. The summed E-state index contributed by atoms with van der Waals surface area (Å²) in [5.74, 6) is -0.326. The van der Waals surface area contributed by atoms with Crippen molar-refractivity contribution in [3.05, 3.63) is 76.4 Å². The van der Waals surface area contributed by atoms with Gasteiger partial charge in [-0.1, -0.05) is 42.5 Å². The number of fused-ring (bicyclic) bond motifs is 1. The van der Waals surface area contributed by atoms with Gasteiger partial charge in [0.05, 0.1) is 7.11 Å². The van der Waals surface area contributed by atoms with E-state index in [1.807, 2.05) is 0 Å². The Labute approximate surface area is 143 Å². The first-order valence-corrected chi connectivity index (χ1v) is 8.34. The van der Waals surface area contributed by atoms with E-state index in [-0.39, 0.29) is 5.97 Å². The van der Waals surface area contributed by atoms with Gasteiger partial charge in [0.15, 0.2) is 0 Å². The van der Waals surface area contributed by atoms with Crippen LogP contribution < -0.4 is 5.32 Å². The fraction of sp³-hybridized carbons (Fsp3) is 0.286. The molecule has 124 valence electrons. The SMILES string of the molecule is COC(=O)C=Cc1ccc2c(c1)CCC2NCc1ccccc1C. The van der Waals surface area contributed by atoms with Crippen molar-refractivity contribution in [2.75, 3.05) is 7.11 Å². The number of aryl methyl sites for hydroxylation is 2. The molecule has 24 heavy (non-hydrogen) atoms. The lowest BCUT2D eigenvalue weighted by Crippen LogP contribution is -2.19. The quantitative estimate of drug-likeness (QED) is 0.669. The van der Waals surface area contributed by atoms with E-state index in [1.165, 1.54) is 35.4 Å². The molecule has 0 saturated heterocycles. The van der Waals surface area contributed by atoms with Crippen molar-refractivity contribution < 1.29 is 9.53 Å². The summed E-state index contributed by atoms with van der Waals surface area (Å²) in [6, 6.07) is 15.3. The maximum Gasteiger partial charge on any atom is 0.330 e. The molecule has 0 spiro atoms. The summed E-state index contributed by atoms with van der Waals surface area (Å²) in [6.07, 6.45) is 5.46. The van der Waals surface area contributed by atoms with Gasteiger partial charge in [0.25, 0.3) is 0 Å². The van der Waals surface area contributed by atoms with Crippen LogP contribution in [0.15, 0.2) is 48.5 Å². The summed E-state index contributed by atoms with van der Waals surface area (Å²) in [5, 5.41) is 3.68. The fourth-order valence-electron chi connectivity index (χ4n) is 3.23. The van der Waals surface area contributed by atoms with Gasteiger partial charge in [-0.3, -0.25) is 0 Å². The number of ether oxygens (including phenoxy) is 1. The molecule has 1 aliphatic rings. The van der Waals surface area contributed by atoms with Gasteiger partial charge in [-0.25, -0.2) is 4.79 Å². The molecule has 1 unspecified atom stereocenters. The third-order valence-corrected chi connectivity index (χ3v) is 4.66. The van der Waals surface area contributed by atoms with Crippen molar-refractivity contribution in [3.63, 3.8) is 0 Å². The molecule has 0 bridgehead atoms. The molecule has 1 N–H and O–H groups in total. The van der Waals surface area contributed by atoms with Crippen LogP contribution >= 0.6 is 0 Å². The van der Waals surface area contributed by atoms with Gasteiger partial charge in [0, 0.05) is 18.7 Å². The Kier molecular flexibility index (Phi) is 5.11. The highest BCUT2D eigenvalue weighted by molar-refractivity contribution is 5.86. The zero-order chi connectivity index (χ0) is 16.9. The van der Waals surface area contributed by atoms with Gasteiger partial charge in [0.1, 0.15) is 0 Å². The van der Waals surface area contributed by atoms with Gasteiger partial charge in [-0.15, -0.1) is 0 Å². The van der Waals surface area contributed by atoms with E-state index >= 15 is 0 Å². The summed E-state index contributed by atoms with van der Waals surface area (Å²) in [6.45, 7) is 3.04. The second-order valence-corrected chi connectivity index (χ2v) is 6.21. The summed E-state index contributed by atoms with van der Waals surface area (Å²) < 4.78 is 4.63. The van der Waals surface area contributed by atoms with Crippen LogP contribution in [-0.4, -0.2) is 13.1 Å². The summed E-state index contributed by atoms with van der Waals surface area (Å²) in [7, 11) is 1.39. The standard InChI is InChI=1S/C21H23NO2/c1-15-5-3-4-6-18(15)14-22-20-11-9-17-13-16(7-10-19(17)20)8-12-21(23)24-2/h3-8,10,12-13,20,22H,9,11,14H2,1-2H3. The van der Waals surface area contributed by atoms with Crippen LogP contribution in [0.3, 0.4) is 0 Å². The van der Waals surface area contributed by atoms with E-state index in [1.54, 1.807) is 6.08 Å². The molecule has 0 aromatic heterocycles. The molecular weight excluding hydrogens is 298 g/mol. The Morgan fingerprint density at radius 2 is 2.12 bits per heavy atom. The highest BCUT2D eigenvalue weighted by Crippen LogP contribution is 2.32. The fourth-order valence-corrected chi connectivity index (χ4v) is 3.23. The average Bonchev–Trinajstić information content (AvgIpc) is 3.01. The third-order valence-electron chi connectivity index (χ3n) is 4.66. The van der Waals surface area contributed by atoms with Crippen molar-refractivity contribution in [2.24, 2.45) is 0 Å². The van der Waals surface area contributed by atoms with E-state index in [0.717, 1.165) is 24.9 Å². The number of methoxy groups -OCH3 is 1. The van der Waals surface area contributed by atoms with Crippen LogP contribution in [0.2, 0.25) is 0 Å². The molecular formula is C21H23NO2. The Bertz CT molecular complexity index is 764. The lowest BCUT2D eigenvalue weighted by Gasteiger charge is -2.15. The van der Waals surface area contributed by atoms with Crippen LogP contribution in [0.1, 0.15) is 40.3 Å². The van der Waals surface area contributed by atoms with Gasteiger partial charge in [-0.2, -0.15) is 0 Å². The van der Waals surface area contributed by atoms with Crippen LogP contribution in [0.25, 0.3) is 6.08 Å². The Morgan fingerprint density at radius 1 is 1.29 bits per heavy atom. The smallest absolute Gasteiger partial charge is 0.330 e. The molecule has 3 heteroatoms.